The summed E-state index contributed by atoms with van der Waals surface area (Å²) < 4.78 is 2.07. The first-order valence-corrected chi connectivity index (χ1v) is 10.5. The highest BCUT2D eigenvalue weighted by atomic mass is 35.5. The van der Waals surface area contributed by atoms with E-state index in [-0.39, 0.29) is 0 Å². The molecule has 0 radical (unpaired) electrons. The molecule has 0 saturated carbocycles. The van der Waals surface area contributed by atoms with E-state index in [1.807, 2.05) is 48.7 Å². The fourth-order valence-electron chi connectivity index (χ4n) is 3.97. The molecule has 5 rings (SSSR count). The van der Waals surface area contributed by atoms with Crippen LogP contribution >= 0.6 is 23.2 Å². The topological polar surface area (TPSA) is 33.6 Å². The molecule has 3 aromatic carbocycles. The molecule has 5 aromatic rings. The van der Waals surface area contributed by atoms with Gasteiger partial charge in [-0.25, -0.2) is 0 Å². The monoisotopic (exact) mass is 431 g/mol. The van der Waals surface area contributed by atoms with Gasteiger partial charge >= 0.3 is 0 Å². The van der Waals surface area contributed by atoms with Crippen molar-refractivity contribution in [3.8, 4) is 22.4 Å². The summed E-state index contributed by atoms with van der Waals surface area (Å²) in [5.74, 6) is 0. The third-order valence-electron chi connectivity index (χ3n) is 5.35. The first-order chi connectivity index (χ1) is 14.6. The maximum Gasteiger partial charge on any atom is 0.0788 e. The number of aromatic nitrogens is 3. The lowest BCUT2D eigenvalue weighted by atomic mass is 9.99. The van der Waals surface area contributed by atoms with E-state index in [1.165, 1.54) is 0 Å². The lowest BCUT2D eigenvalue weighted by molar-refractivity contribution is 0.694. The van der Waals surface area contributed by atoms with Crippen molar-refractivity contribution in [2.45, 2.75) is 13.5 Å². The van der Waals surface area contributed by atoms with Gasteiger partial charge < -0.3 is 4.98 Å². The molecule has 0 aliphatic rings. The van der Waals surface area contributed by atoms with Crippen LogP contribution in [0.5, 0.6) is 0 Å². The Labute approximate surface area is 184 Å². The number of hydrogen-bond donors (Lipinski definition) is 1. The number of benzene rings is 3. The van der Waals surface area contributed by atoms with E-state index in [0.29, 0.717) is 11.6 Å². The highest BCUT2D eigenvalue weighted by Crippen LogP contribution is 2.39. The molecule has 1 N–H and O–H groups in total. The van der Waals surface area contributed by atoms with Crippen LogP contribution in [0.2, 0.25) is 10.0 Å². The maximum atomic E-state index is 6.24. The molecule has 0 aliphatic heterocycles. The first-order valence-electron chi connectivity index (χ1n) is 9.74. The van der Waals surface area contributed by atoms with Crippen LogP contribution in [0.15, 0.2) is 79.0 Å². The molecule has 0 unspecified atom stereocenters. The molecule has 2 heterocycles. The number of nitrogens with zero attached hydrogens (tertiary/aromatic N) is 2. The van der Waals surface area contributed by atoms with E-state index in [2.05, 4.69) is 46.9 Å². The molecule has 5 heteroatoms. The summed E-state index contributed by atoms with van der Waals surface area (Å²) in [6, 6.07) is 24.3. The first kappa shape index (κ1) is 19.0. The number of aromatic amines is 1. The van der Waals surface area contributed by atoms with Gasteiger partial charge in [-0.2, -0.15) is 5.10 Å². The number of halogens is 2. The predicted molar refractivity (Wildman–Crippen MR) is 125 cm³/mol. The van der Waals surface area contributed by atoms with Crippen molar-refractivity contribution >= 4 is 34.1 Å². The minimum Gasteiger partial charge on any atom is -0.358 e. The molecule has 0 bridgehead atoms. The van der Waals surface area contributed by atoms with Gasteiger partial charge in [0.05, 0.1) is 18.4 Å². The van der Waals surface area contributed by atoms with Crippen molar-refractivity contribution < 1.29 is 0 Å². The van der Waals surface area contributed by atoms with Crippen LogP contribution < -0.4 is 0 Å². The van der Waals surface area contributed by atoms with Crippen LogP contribution in [-0.4, -0.2) is 14.8 Å². The smallest absolute Gasteiger partial charge is 0.0788 e. The predicted octanol–water partition coefficient (Wildman–Crippen LogP) is 7.36. The standard InChI is InChI=1S/C25H19Cl2N3/c1-16-24(21-12-11-20(27)13-23(21)29-16)25-22(18-5-3-2-4-6-18)14-28-30(25)15-17-7-9-19(26)10-8-17/h2-14,29H,15H2,1H3. The minimum absolute atomic E-state index is 0.652. The fraction of sp³-hybridized carbons (Fsp3) is 0.0800. The molecule has 0 amide bonds. The maximum absolute atomic E-state index is 6.24. The Morgan fingerprint density at radius 1 is 0.900 bits per heavy atom. The van der Waals surface area contributed by atoms with E-state index in [1.54, 1.807) is 0 Å². The van der Waals surface area contributed by atoms with Crippen LogP contribution in [0.4, 0.5) is 0 Å². The zero-order valence-electron chi connectivity index (χ0n) is 16.4. The van der Waals surface area contributed by atoms with Gasteiger partial charge in [-0.15, -0.1) is 0 Å². The molecule has 0 saturated heterocycles. The SMILES string of the molecule is Cc1[nH]c2cc(Cl)ccc2c1-c1c(-c2ccccc2)cnn1Cc1ccc(Cl)cc1. The van der Waals surface area contributed by atoms with Crippen LogP contribution in [0, 0.1) is 6.92 Å². The van der Waals surface area contributed by atoms with Gasteiger partial charge in [-0.3, -0.25) is 4.68 Å². The quantitative estimate of drug-likeness (QED) is 0.316. The Balaban J connectivity index is 1.74. The minimum atomic E-state index is 0.652. The lowest BCUT2D eigenvalue weighted by Gasteiger charge is -2.11. The highest BCUT2D eigenvalue weighted by molar-refractivity contribution is 6.31. The van der Waals surface area contributed by atoms with Gasteiger partial charge in [0.1, 0.15) is 0 Å². The second kappa shape index (κ2) is 7.67. The van der Waals surface area contributed by atoms with Gasteiger partial charge in [0.15, 0.2) is 0 Å². The Hall–Kier alpha value is -3.01. The molecule has 0 spiro atoms. The van der Waals surface area contributed by atoms with Crippen molar-refractivity contribution in [1.29, 1.82) is 0 Å². The van der Waals surface area contributed by atoms with Gasteiger partial charge in [0.2, 0.25) is 0 Å². The summed E-state index contributed by atoms with van der Waals surface area (Å²) in [5.41, 5.74) is 7.72. The van der Waals surface area contributed by atoms with Gasteiger partial charge in [0.25, 0.3) is 0 Å². The molecule has 3 nitrogen and oxygen atoms in total. The van der Waals surface area contributed by atoms with Crippen LogP contribution in [0.25, 0.3) is 33.3 Å². The second-order valence-electron chi connectivity index (χ2n) is 7.37. The average molecular weight is 432 g/mol. The number of fused-ring (bicyclic) bond motifs is 1. The Bertz CT molecular complexity index is 1330. The fourth-order valence-corrected chi connectivity index (χ4v) is 4.27. The van der Waals surface area contributed by atoms with Gasteiger partial charge in [-0.05, 0) is 42.3 Å². The third kappa shape index (κ3) is 3.41. The number of hydrogen-bond acceptors (Lipinski definition) is 1. The summed E-state index contributed by atoms with van der Waals surface area (Å²) in [4.78, 5) is 3.49. The van der Waals surface area contributed by atoms with E-state index < -0.39 is 0 Å². The number of rotatable bonds is 4. The summed E-state index contributed by atoms with van der Waals surface area (Å²) in [5, 5.41) is 7.35. The second-order valence-corrected chi connectivity index (χ2v) is 8.24. The Kier molecular flexibility index (Phi) is 4.86. The third-order valence-corrected chi connectivity index (χ3v) is 5.84. The van der Waals surface area contributed by atoms with Crippen molar-refractivity contribution in [2.24, 2.45) is 0 Å². The van der Waals surface area contributed by atoms with Crippen molar-refractivity contribution in [3.63, 3.8) is 0 Å². The summed E-state index contributed by atoms with van der Waals surface area (Å²) in [7, 11) is 0. The Morgan fingerprint density at radius 2 is 1.63 bits per heavy atom. The van der Waals surface area contributed by atoms with E-state index in [0.717, 1.165) is 49.6 Å². The molecule has 0 atom stereocenters. The summed E-state index contributed by atoms with van der Waals surface area (Å²) in [6.07, 6.45) is 1.95. The van der Waals surface area contributed by atoms with E-state index >= 15 is 0 Å². The van der Waals surface area contributed by atoms with Crippen molar-refractivity contribution in [2.75, 3.05) is 0 Å². The molecular weight excluding hydrogens is 413 g/mol. The molecule has 2 aromatic heterocycles. The van der Waals surface area contributed by atoms with Crippen LogP contribution in [0.3, 0.4) is 0 Å². The van der Waals surface area contributed by atoms with E-state index in [9.17, 15) is 0 Å². The normalized spacial score (nSPS) is 11.3. The molecular formula is C25H19Cl2N3. The Morgan fingerprint density at radius 3 is 2.40 bits per heavy atom. The summed E-state index contributed by atoms with van der Waals surface area (Å²) >= 11 is 12.3. The van der Waals surface area contributed by atoms with Crippen LogP contribution in [-0.2, 0) is 6.54 Å². The number of nitrogens with one attached hydrogen (secondary N) is 1. The lowest BCUT2D eigenvalue weighted by Crippen LogP contribution is -2.04. The highest BCUT2D eigenvalue weighted by Gasteiger charge is 2.20. The molecule has 0 aliphatic carbocycles. The zero-order chi connectivity index (χ0) is 20.7. The molecule has 0 fully saturated rings. The van der Waals surface area contributed by atoms with Gasteiger partial charge in [0, 0.05) is 37.8 Å². The largest absolute Gasteiger partial charge is 0.358 e. The average Bonchev–Trinajstić information content (AvgIpc) is 3.29. The summed E-state index contributed by atoms with van der Waals surface area (Å²) in [6.45, 7) is 2.75. The number of aryl methyl sites for hydroxylation is 1. The molecule has 30 heavy (non-hydrogen) atoms. The zero-order valence-corrected chi connectivity index (χ0v) is 17.9. The van der Waals surface area contributed by atoms with Gasteiger partial charge in [-0.1, -0.05) is 71.7 Å². The van der Waals surface area contributed by atoms with Crippen LogP contribution in [0.1, 0.15) is 11.3 Å². The van der Waals surface area contributed by atoms with E-state index in [4.69, 9.17) is 28.3 Å². The number of H-pyrrole nitrogens is 1. The molecule has 148 valence electrons. The van der Waals surface area contributed by atoms with Crippen molar-refractivity contribution in [3.05, 3.63) is 100 Å². The van der Waals surface area contributed by atoms with Crippen molar-refractivity contribution in [1.82, 2.24) is 14.8 Å².